The Bertz CT molecular complexity index is 1100. The molecule has 2 aromatic carbocycles. The Morgan fingerprint density at radius 3 is 2.50 bits per heavy atom. The van der Waals surface area contributed by atoms with Gasteiger partial charge in [-0.15, -0.1) is 5.10 Å². The van der Waals surface area contributed by atoms with Crippen LogP contribution in [0.1, 0.15) is 16.2 Å². The molecule has 1 amide bonds. The second kappa shape index (κ2) is 6.31. The van der Waals surface area contributed by atoms with Crippen molar-refractivity contribution in [3.63, 3.8) is 0 Å². The number of rotatable bonds is 3. The summed E-state index contributed by atoms with van der Waals surface area (Å²) in [6.07, 6.45) is 0. The van der Waals surface area contributed by atoms with Crippen LogP contribution in [0.2, 0.25) is 5.02 Å². The highest BCUT2D eigenvalue weighted by Gasteiger charge is 2.24. The number of para-hydroxylation sites is 1. The van der Waals surface area contributed by atoms with E-state index < -0.39 is 0 Å². The number of halogens is 1. The number of carbonyl (C=O) groups excluding carboxylic acids is 1. The summed E-state index contributed by atoms with van der Waals surface area (Å²) >= 11 is 6.20. The van der Waals surface area contributed by atoms with Crippen LogP contribution in [0, 0.1) is 6.92 Å². The maximum atomic E-state index is 12.8. The van der Waals surface area contributed by atoms with Gasteiger partial charge < -0.3 is 9.32 Å². The second-order valence-corrected chi connectivity index (χ2v) is 6.23. The quantitative estimate of drug-likeness (QED) is 0.544. The molecule has 0 bridgehead atoms. The number of aromatic nitrogens is 3. The number of nitrogens with zero attached hydrogens (tertiary/aromatic N) is 4. The Hall–Kier alpha value is -3.12. The van der Waals surface area contributed by atoms with Crippen molar-refractivity contribution in [1.29, 1.82) is 0 Å². The highest BCUT2D eigenvalue weighted by Crippen LogP contribution is 2.27. The second-order valence-electron chi connectivity index (χ2n) is 5.83. The van der Waals surface area contributed by atoms with E-state index in [1.165, 1.54) is 9.42 Å². The molecule has 0 fully saturated rings. The molecule has 130 valence electrons. The molecule has 26 heavy (non-hydrogen) atoms. The summed E-state index contributed by atoms with van der Waals surface area (Å²) in [7, 11) is 1.70. The number of fused-ring (bicyclic) bond motifs is 1. The molecular weight excluding hydrogens is 352 g/mol. The van der Waals surface area contributed by atoms with Crippen molar-refractivity contribution in [2.45, 2.75) is 6.92 Å². The molecule has 0 saturated heterocycles. The van der Waals surface area contributed by atoms with Crippen LogP contribution in [-0.4, -0.2) is 27.6 Å². The van der Waals surface area contributed by atoms with Crippen molar-refractivity contribution >= 4 is 29.0 Å². The zero-order valence-corrected chi connectivity index (χ0v) is 14.9. The number of hydrogen-bond acceptors (Lipinski definition) is 4. The van der Waals surface area contributed by atoms with E-state index in [4.69, 9.17) is 16.0 Å². The van der Waals surface area contributed by atoms with Crippen LogP contribution in [0.15, 0.2) is 59.0 Å². The third-order valence-electron chi connectivity index (χ3n) is 4.17. The van der Waals surface area contributed by atoms with Crippen LogP contribution in [-0.2, 0) is 0 Å². The minimum Gasteiger partial charge on any atom is -0.416 e. The molecule has 4 aromatic rings. The predicted molar refractivity (Wildman–Crippen MR) is 99.6 cm³/mol. The normalized spacial score (nSPS) is 11.0. The maximum absolute atomic E-state index is 12.8. The van der Waals surface area contributed by atoms with E-state index in [1.807, 2.05) is 48.5 Å². The summed E-state index contributed by atoms with van der Waals surface area (Å²) in [5.74, 6) is 0.646. The van der Waals surface area contributed by atoms with E-state index in [9.17, 15) is 4.79 Å². The van der Waals surface area contributed by atoms with Crippen molar-refractivity contribution in [1.82, 2.24) is 14.6 Å². The van der Waals surface area contributed by atoms with Crippen LogP contribution in [0.5, 0.6) is 0 Å². The number of carbonyl (C=O) groups is 1. The highest BCUT2D eigenvalue weighted by molar-refractivity contribution is 6.33. The van der Waals surface area contributed by atoms with Crippen LogP contribution in [0.25, 0.3) is 17.2 Å². The zero-order valence-electron chi connectivity index (χ0n) is 14.2. The van der Waals surface area contributed by atoms with Crippen molar-refractivity contribution < 1.29 is 9.21 Å². The fourth-order valence-corrected chi connectivity index (χ4v) is 2.94. The Balaban J connectivity index is 1.72. The van der Waals surface area contributed by atoms with E-state index in [0.717, 1.165) is 5.69 Å². The summed E-state index contributed by atoms with van der Waals surface area (Å²) in [6.45, 7) is 1.77. The summed E-state index contributed by atoms with van der Waals surface area (Å²) < 4.78 is 7.22. The van der Waals surface area contributed by atoms with Crippen LogP contribution in [0.3, 0.4) is 0 Å². The van der Waals surface area contributed by atoms with Gasteiger partial charge in [-0.2, -0.15) is 9.50 Å². The summed E-state index contributed by atoms with van der Waals surface area (Å²) in [4.78, 5) is 18.7. The number of aryl methyl sites for hydroxylation is 1. The van der Waals surface area contributed by atoms with Crippen molar-refractivity contribution in [3.05, 3.63) is 71.1 Å². The van der Waals surface area contributed by atoms with Gasteiger partial charge in [0.15, 0.2) is 5.82 Å². The van der Waals surface area contributed by atoms with Crippen LogP contribution < -0.4 is 4.90 Å². The molecule has 0 radical (unpaired) electrons. The van der Waals surface area contributed by atoms with Gasteiger partial charge >= 0.3 is 5.84 Å². The van der Waals surface area contributed by atoms with E-state index in [0.29, 0.717) is 22.1 Å². The largest absolute Gasteiger partial charge is 0.416 e. The Kier molecular flexibility index (Phi) is 3.97. The molecule has 0 N–H and O–H groups in total. The van der Waals surface area contributed by atoms with Gasteiger partial charge in [-0.3, -0.25) is 4.79 Å². The van der Waals surface area contributed by atoms with Crippen LogP contribution in [0.4, 0.5) is 5.69 Å². The SMILES string of the molecule is Cc1c(C(=O)N(C)c2ccccc2)oc2nc(-c3ccccc3Cl)nn12. The molecule has 0 aliphatic heterocycles. The lowest BCUT2D eigenvalue weighted by Crippen LogP contribution is -2.26. The number of hydrogen-bond donors (Lipinski definition) is 0. The Morgan fingerprint density at radius 1 is 1.12 bits per heavy atom. The van der Waals surface area contributed by atoms with E-state index >= 15 is 0 Å². The summed E-state index contributed by atoms with van der Waals surface area (Å²) in [5, 5.41) is 4.99. The molecule has 2 aromatic heterocycles. The van der Waals surface area contributed by atoms with Crippen LogP contribution >= 0.6 is 11.6 Å². The van der Waals surface area contributed by atoms with Gasteiger partial charge in [0.05, 0.1) is 10.7 Å². The summed E-state index contributed by atoms with van der Waals surface area (Å²) in [6, 6.07) is 16.7. The van der Waals surface area contributed by atoms with Gasteiger partial charge in [0.25, 0.3) is 5.91 Å². The Labute approximate surface area is 154 Å². The first-order valence-electron chi connectivity index (χ1n) is 8.00. The first-order chi connectivity index (χ1) is 12.6. The van der Waals surface area contributed by atoms with Gasteiger partial charge in [0.2, 0.25) is 5.76 Å². The third kappa shape index (κ3) is 2.64. The molecule has 4 rings (SSSR count). The van der Waals surface area contributed by atoms with Gasteiger partial charge in [-0.25, -0.2) is 0 Å². The number of benzene rings is 2. The third-order valence-corrected chi connectivity index (χ3v) is 4.50. The fraction of sp³-hybridized carbons (Fsp3) is 0.105. The van der Waals surface area contributed by atoms with Gasteiger partial charge in [-0.1, -0.05) is 41.9 Å². The smallest absolute Gasteiger partial charge is 0.325 e. The first kappa shape index (κ1) is 16.4. The van der Waals surface area contributed by atoms with Gasteiger partial charge in [-0.05, 0) is 31.2 Å². The van der Waals surface area contributed by atoms with E-state index in [2.05, 4.69) is 10.1 Å². The van der Waals surface area contributed by atoms with E-state index in [1.54, 1.807) is 20.0 Å². The number of amides is 1. The lowest BCUT2D eigenvalue weighted by atomic mass is 10.2. The highest BCUT2D eigenvalue weighted by atomic mass is 35.5. The monoisotopic (exact) mass is 366 g/mol. The minimum absolute atomic E-state index is 0.206. The standard InChI is InChI=1S/C19H15ClN4O2/c1-12-16(18(25)23(2)13-8-4-3-5-9-13)26-19-21-17(22-24(12)19)14-10-6-7-11-15(14)20/h3-11H,1-2H3. The first-order valence-corrected chi connectivity index (χ1v) is 8.38. The molecule has 0 aliphatic carbocycles. The predicted octanol–water partition coefficient (Wildman–Crippen LogP) is 4.23. The van der Waals surface area contributed by atoms with Gasteiger partial charge in [0.1, 0.15) is 0 Å². The molecule has 0 saturated carbocycles. The van der Waals surface area contributed by atoms with Crippen molar-refractivity contribution in [2.24, 2.45) is 0 Å². The van der Waals surface area contributed by atoms with E-state index in [-0.39, 0.29) is 17.5 Å². The zero-order chi connectivity index (χ0) is 18.3. The molecule has 6 nitrogen and oxygen atoms in total. The molecule has 0 aliphatic rings. The molecule has 0 atom stereocenters. The molecule has 2 heterocycles. The average molecular weight is 367 g/mol. The van der Waals surface area contributed by atoms with Crippen molar-refractivity contribution in [2.75, 3.05) is 11.9 Å². The average Bonchev–Trinajstić information content (AvgIpc) is 3.21. The number of anilines is 1. The number of oxazole rings is 1. The topological polar surface area (TPSA) is 63.6 Å². The lowest BCUT2D eigenvalue weighted by molar-refractivity contribution is 0.0967. The van der Waals surface area contributed by atoms with Gasteiger partial charge in [0, 0.05) is 18.3 Å². The maximum Gasteiger partial charge on any atom is 0.325 e. The van der Waals surface area contributed by atoms with Crippen molar-refractivity contribution in [3.8, 4) is 11.4 Å². The Morgan fingerprint density at radius 2 is 1.81 bits per heavy atom. The molecule has 0 unspecified atom stereocenters. The molecular formula is C19H15ClN4O2. The summed E-state index contributed by atoms with van der Waals surface area (Å²) in [5.41, 5.74) is 2.07. The molecule has 0 spiro atoms. The lowest BCUT2D eigenvalue weighted by Gasteiger charge is -2.15. The minimum atomic E-state index is -0.264. The molecule has 7 heteroatoms. The fourth-order valence-electron chi connectivity index (χ4n) is 2.72.